The van der Waals surface area contributed by atoms with Gasteiger partial charge in [0.25, 0.3) is 0 Å². The summed E-state index contributed by atoms with van der Waals surface area (Å²) in [5.74, 6) is -3.88. The quantitative estimate of drug-likeness (QED) is 0.359. The number of nitrogens with one attached hydrogen (secondary N) is 1. The van der Waals surface area contributed by atoms with Gasteiger partial charge in [0, 0.05) is 0 Å². The van der Waals surface area contributed by atoms with E-state index in [1.54, 1.807) is 0 Å². The molecule has 4 N–H and O–H groups in total. The molecule has 0 unspecified atom stereocenters. The SMILES string of the molecule is NCC(=O)NC(=O)C(=O)O. The van der Waals surface area contributed by atoms with Crippen molar-refractivity contribution in [3.63, 3.8) is 0 Å². The molecule has 0 bridgehead atoms. The molecule has 0 saturated carbocycles. The third kappa shape index (κ3) is 2.78. The van der Waals surface area contributed by atoms with Gasteiger partial charge in [0.15, 0.2) is 0 Å². The molecule has 6 heteroatoms. The van der Waals surface area contributed by atoms with Gasteiger partial charge in [-0.1, -0.05) is 0 Å². The fourth-order valence-corrected chi connectivity index (χ4v) is 0.231. The lowest BCUT2D eigenvalue weighted by molar-refractivity contribution is -0.151. The van der Waals surface area contributed by atoms with Crippen LogP contribution >= 0.6 is 0 Å². The average molecular weight is 146 g/mol. The number of carboxylic acid groups (broad SMARTS) is 1. The molecule has 0 rings (SSSR count). The summed E-state index contributed by atoms with van der Waals surface area (Å²) >= 11 is 0. The predicted octanol–water partition coefficient (Wildman–Crippen LogP) is -2.33. The van der Waals surface area contributed by atoms with E-state index in [0.29, 0.717) is 0 Å². The summed E-state index contributed by atoms with van der Waals surface area (Å²) < 4.78 is 0. The molecule has 56 valence electrons. The first-order valence-corrected chi connectivity index (χ1v) is 2.35. The van der Waals surface area contributed by atoms with Crippen molar-refractivity contribution >= 4 is 17.8 Å². The maximum absolute atomic E-state index is 10.2. The fraction of sp³-hybridized carbons (Fsp3) is 0.250. The molecule has 10 heavy (non-hydrogen) atoms. The molecule has 0 fully saturated rings. The smallest absolute Gasteiger partial charge is 0.394 e. The Labute approximate surface area is 56.0 Å². The number of carboxylic acids is 1. The van der Waals surface area contributed by atoms with Crippen molar-refractivity contribution in [2.45, 2.75) is 0 Å². The van der Waals surface area contributed by atoms with Crippen LogP contribution in [0.3, 0.4) is 0 Å². The zero-order chi connectivity index (χ0) is 8.15. The zero-order valence-electron chi connectivity index (χ0n) is 4.96. The minimum absolute atomic E-state index is 0.404. The lowest BCUT2D eigenvalue weighted by atomic mass is 10.5. The van der Waals surface area contributed by atoms with Crippen LogP contribution in [0.5, 0.6) is 0 Å². The second-order valence-corrected chi connectivity index (χ2v) is 1.39. The topological polar surface area (TPSA) is 109 Å². The predicted molar refractivity (Wildman–Crippen MR) is 29.8 cm³/mol. The van der Waals surface area contributed by atoms with Crippen LogP contribution in [-0.4, -0.2) is 29.4 Å². The molecule has 0 radical (unpaired) electrons. The van der Waals surface area contributed by atoms with Gasteiger partial charge < -0.3 is 10.8 Å². The van der Waals surface area contributed by atoms with Crippen LogP contribution in [0.1, 0.15) is 0 Å². The molecule has 0 saturated heterocycles. The number of rotatable bonds is 1. The maximum atomic E-state index is 10.2. The van der Waals surface area contributed by atoms with Gasteiger partial charge in [0.05, 0.1) is 6.54 Å². The van der Waals surface area contributed by atoms with Crippen molar-refractivity contribution in [3.05, 3.63) is 0 Å². The highest BCUT2D eigenvalue weighted by molar-refractivity contribution is 6.34. The van der Waals surface area contributed by atoms with Gasteiger partial charge in [-0.15, -0.1) is 0 Å². The highest BCUT2D eigenvalue weighted by atomic mass is 16.4. The van der Waals surface area contributed by atoms with E-state index in [4.69, 9.17) is 10.8 Å². The van der Waals surface area contributed by atoms with Crippen molar-refractivity contribution in [1.29, 1.82) is 0 Å². The van der Waals surface area contributed by atoms with Gasteiger partial charge in [0.2, 0.25) is 5.91 Å². The molecule has 2 amide bonds. The molecule has 0 aromatic carbocycles. The van der Waals surface area contributed by atoms with Crippen LogP contribution in [0, 0.1) is 0 Å². The summed E-state index contributed by atoms with van der Waals surface area (Å²) in [6.45, 7) is -0.404. The number of hydrogen-bond donors (Lipinski definition) is 3. The number of imide groups is 1. The number of carbonyl (C=O) groups is 3. The van der Waals surface area contributed by atoms with Crippen LogP contribution in [-0.2, 0) is 14.4 Å². The monoisotopic (exact) mass is 146 g/mol. The second kappa shape index (κ2) is 3.57. The van der Waals surface area contributed by atoms with Gasteiger partial charge in [0.1, 0.15) is 0 Å². The summed E-state index contributed by atoms with van der Waals surface area (Å²) in [5, 5.41) is 9.45. The molecule has 0 aromatic heterocycles. The largest absolute Gasteiger partial charge is 0.474 e. The van der Waals surface area contributed by atoms with Crippen molar-refractivity contribution < 1.29 is 19.5 Å². The Balaban J connectivity index is 3.80. The standard InChI is InChI=1S/C4H6N2O4/c5-1-2(7)6-3(8)4(9)10/h1,5H2,(H,9,10)(H,6,7,8). The molecule has 0 aliphatic rings. The Hall–Kier alpha value is -1.43. The van der Waals surface area contributed by atoms with E-state index < -0.39 is 24.3 Å². The highest BCUT2D eigenvalue weighted by Crippen LogP contribution is 1.65. The van der Waals surface area contributed by atoms with E-state index in [1.807, 2.05) is 0 Å². The molecule has 0 aliphatic carbocycles. The van der Waals surface area contributed by atoms with Crippen molar-refractivity contribution in [2.75, 3.05) is 6.54 Å². The first kappa shape index (κ1) is 8.57. The van der Waals surface area contributed by atoms with Gasteiger partial charge in [-0.3, -0.25) is 14.9 Å². The van der Waals surface area contributed by atoms with Gasteiger partial charge in [-0.05, 0) is 0 Å². The van der Waals surface area contributed by atoms with Crippen LogP contribution in [0.25, 0.3) is 0 Å². The van der Waals surface area contributed by atoms with Crippen molar-refractivity contribution in [3.8, 4) is 0 Å². The number of aliphatic carboxylic acids is 1. The van der Waals surface area contributed by atoms with Crippen molar-refractivity contribution in [2.24, 2.45) is 5.73 Å². The number of carbonyl (C=O) groups excluding carboxylic acids is 2. The van der Waals surface area contributed by atoms with Crippen LogP contribution in [0.2, 0.25) is 0 Å². The number of nitrogens with two attached hydrogens (primary N) is 1. The number of hydrogen-bond acceptors (Lipinski definition) is 4. The summed E-state index contributed by atoms with van der Waals surface area (Å²) in [6.07, 6.45) is 0. The summed E-state index contributed by atoms with van der Waals surface area (Å²) in [5.41, 5.74) is 4.76. The Kier molecular flexibility index (Phi) is 3.06. The molecule has 0 aromatic rings. The van der Waals surface area contributed by atoms with Gasteiger partial charge in [-0.2, -0.15) is 0 Å². The third-order valence-corrected chi connectivity index (χ3v) is 0.633. The van der Waals surface area contributed by atoms with Crippen LogP contribution < -0.4 is 11.1 Å². The summed E-state index contributed by atoms with van der Waals surface area (Å²) in [4.78, 5) is 30.1. The Bertz CT molecular complexity index is 176. The highest BCUT2D eigenvalue weighted by Gasteiger charge is 2.12. The average Bonchev–Trinajstić information content (AvgIpc) is 1.87. The van der Waals surface area contributed by atoms with Crippen LogP contribution in [0.15, 0.2) is 0 Å². The number of amides is 2. The Morgan fingerprint density at radius 2 is 1.90 bits per heavy atom. The van der Waals surface area contributed by atoms with E-state index >= 15 is 0 Å². The normalized spacial score (nSPS) is 8.50. The van der Waals surface area contributed by atoms with Crippen LogP contribution in [0.4, 0.5) is 0 Å². The lowest BCUT2D eigenvalue weighted by Gasteiger charge is -1.94. The fourth-order valence-electron chi connectivity index (χ4n) is 0.231. The van der Waals surface area contributed by atoms with E-state index in [0.717, 1.165) is 0 Å². The summed E-state index contributed by atoms with van der Waals surface area (Å²) in [7, 11) is 0. The first-order valence-electron chi connectivity index (χ1n) is 2.35. The van der Waals surface area contributed by atoms with E-state index in [-0.39, 0.29) is 0 Å². The van der Waals surface area contributed by atoms with Gasteiger partial charge in [-0.25, -0.2) is 4.79 Å². The molecule has 0 atom stereocenters. The first-order chi connectivity index (χ1) is 4.57. The van der Waals surface area contributed by atoms with E-state index in [9.17, 15) is 14.4 Å². The van der Waals surface area contributed by atoms with E-state index in [2.05, 4.69) is 0 Å². The second-order valence-electron chi connectivity index (χ2n) is 1.39. The van der Waals surface area contributed by atoms with Gasteiger partial charge >= 0.3 is 11.9 Å². The molecule has 0 spiro atoms. The zero-order valence-corrected chi connectivity index (χ0v) is 4.96. The summed E-state index contributed by atoms with van der Waals surface area (Å²) in [6, 6.07) is 0. The Morgan fingerprint density at radius 1 is 1.40 bits per heavy atom. The lowest BCUT2D eigenvalue weighted by Crippen LogP contribution is -2.39. The molecular formula is C4H6N2O4. The molecule has 0 aliphatic heterocycles. The minimum atomic E-state index is -1.71. The molecule has 6 nitrogen and oxygen atoms in total. The maximum Gasteiger partial charge on any atom is 0.394 e. The minimum Gasteiger partial charge on any atom is -0.474 e. The van der Waals surface area contributed by atoms with Crippen molar-refractivity contribution in [1.82, 2.24) is 5.32 Å². The van der Waals surface area contributed by atoms with E-state index in [1.165, 1.54) is 5.32 Å². The molecular weight excluding hydrogens is 140 g/mol. The molecule has 0 heterocycles. The Morgan fingerprint density at radius 3 is 2.20 bits per heavy atom. The third-order valence-electron chi connectivity index (χ3n) is 0.633.